The van der Waals surface area contributed by atoms with Crippen LogP contribution >= 0.6 is 0 Å². The molecule has 312 valence electrons. The summed E-state index contributed by atoms with van der Waals surface area (Å²) in [7, 11) is -5.82. The van der Waals surface area contributed by atoms with E-state index in [-0.39, 0.29) is 55.3 Å². The molecule has 0 aromatic heterocycles. The molecule has 0 saturated heterocycles. The summed E-state index contributed by atoms with van der Waals surface area (Å²) in [5.74, 6) is 0.0902. The molecule has 2 rings (SSSR count). The molecule has 0 heterocycles. The number of amides is 2. The quantitative estimate of drug-likeness (QED) is 0.0636. The first kappa shape index (κ1) is 48.2. The Hall–Kier alpha value is -3.00. The zero-order chi connectivity index (χ0) is 41.6. The maximum atomic E-state index is 14.7. The summed E-state index contributed by atoms with van der Waals surface area (Å²) < 4.78 is 59.4. The van der Waals surface area contributed by atoms with Gasteiger partial charge in [0.1, 0.15) is 12.5 Å². The van der Waals surface area contributed by atoms with E-state index in [0.717, 1.165) is 17.7 Å². The van der Waals surface area contributed by atoms with Gasteiger partial charge in [0, 0.05) is 48.0 Å². The van der Waals surface area contributed by atoms with Crippen LogP contribution in [0.25, 0.3) is 0 Å². The van der Waals surface area contributed by atoms with Gasteiger partial charge in [0.25, 0.3) is 0 Å². The van der Waals surface area contributed by atoms with E-state index < -0.39 is 56.0 Å². The van der Waals surface area contributed by atoms with Crippen LogP contribution in [0.2, 0.25) is 51.4 Å². The number of nitrogens with one attached hydrogen (secondary N) is 1. The highest BCUT2D eigenvalue weighted by Crippen LogP contribution is 2.32. The van der Waals surface area contributed by atoms with Crippen LogP contribution in [0.5, 0.6) is 5.75 Å². The van der Waals surface area contributed by atoms with Gasteiger partial charge in [-0.15, -0.1) is 0 Å². The number of hydrogen-bond donors (Lipinski definition) is 2. The highest BCUT2D eigenvalue weighted by molar-refractivity contribution is 7.89. The lowest BCUT2D eigenvalue weighted by atomic mass is 9.94. The van der Waals surface area contributed by atoms with Crippen LogP contribution in [0.1, 0.15) is 40.2 Å². The van der Waals surface area contributed by atoms with E-state index in [4.69, 9.17) is 23.7 Å². The Morgan fingerprint density at radius 1 is 0.873 bits per heavy atom. The van der Waals surface area contributed by atoms with Gasteiger partial charge >= 0.3 is 12.2 Å². The fourth-order valence-electron chi connectivity index (χ4n) is 5.65. The number of benzene rings is 2. The number of nitrogens with zero attached hydrogens (tertiary/aromatic N) is 2. The molecule has 2 aromatic rings. The minimum absolute atomic E-state index is 0.0848. The van der Waals surface area contributed by atoms with Crippen LogP contribution in [0.4, 0.5) is 15.3 Å². The third-order valence-corrected chi connectivity index (χ3v) is 13.8. The van der Waals surface area contributed by atoms with Gasteiger partial charge in [0.15, 0.2) is 6.79 Å². The average Bonchev–Trinajstić information content (AvgIpc) is 3.05. The minimum Gasteiger partial charge on any atom is -0.465 e. The zero-order valence-corrected chi connectivity index (χ0v) is 38.0. The highest BCUT2D eigenvalue weighted by Gasteiger charge is 2.41. The SMILES string of the molecule is COC(=O)Nc1cc(S(=O)(=O)N(CC(C)C)C[C@@H](OCOCC[Si](C)(C)C)[C@H](Cc2ccccc2)N(C(=O)O)C(C)(C)C)ccc1OCOCC[Si](C)(C)C. The van der Waals surface area contributed by atoms with Crippen LogP contribution in [0.3, 0.4) is 0 Å². The molecule has 0 saturated carbocycles. The Bertz CT molecular complexity index is 1590. The van der Waals surface area contributed by atoms with E-state index in [1.54, 1.807) is 20.8 Å². The van der Waals surface area contributed by atoms with Gasteiger partial charge in [-0.05, 0) is 69.0 Å². The van der Waals surface area contributed by atoms with Gasteiger partial charge in [0.05, 0.1) is 29.8 Å². The summed E-state index contributed by atoms with van der Waals surface area (Å²) >= 11 is 0. The highest BCUT2D eigenvalue weighted by atomic mass is 32.2. The number of methoxy groups -OCH3 is 1. The Labute approximate surface area is 332 Å². The molecule has 2 N–H and O–H groups in total. The van der Waals surface area contributed by atoms with E-state index in [1.807, 2.05) is 44.2 Å². The monoisotopic (exact) mass is 825 g/mol. The number of carbonyl (C=O) groups is 2. The number of ether oxygens (including phenoxy) is 5. The van der Waals surface area contributed by atoms with Crippen molar-refractivity contribution in [2.45, 2.75) is 115 Å². The topological polar surface area (TPSA) is 153 Å². The zero-order valence-electron chi connectivity index (χ0n) is 35.1. The minimum atomic E-state index is -4.28. The molecule has 0 unspecified atom stereocenters. The van der Waals surface area contributed by atoms with Crippen LogP contribution in [0, 0.1) is 5.92 Å². The molecule has 13 nitrogen and oxygen atoms in total. The van der Waals surface area contributed by atoms with Gasteiger partial charge in [0.2, 0.25) is 10.0 Å². The summed E-state index contributed by atoms with van der Waals surface area (Å²) in [5.41, 5.74) is 0.0883. The number of rotatable bonds is 23. The van der Waals surface area contributed by atoms with Crippen molar-refractivity contribution in [1.29, 1.82) is 0 Å². The molecular weight excluding hydrogens is 759 g/mol. The van der Waals surface area contributed by atoms with Crippen LogP contribution < -0.4 is 10.1 Å². The Morgan fingerprint density at radius 2 is 1.45 bits per heavy atom. The second-order valence-electron chi connectivity index (χ2n) is 17.6. The third kappa shape index (κ3) is 17.4. The summed E-state index contributed by atoms with van der Waals surface area (Å²) in [5, 5.41) is 13.2. The molecule has 0 spiro atoms. The van der Waals surface area contributed by atoms with Gasteiger partial charge in [-0.2, -0.15) is 4.31 Å². The molecule has 2 atom stereocenters. The summed E-state index contributed by atoms with van der Waals surface area (Å²) in [6.45, 7) is 23.3. The van der Waals surface area contributed by atoms with Crippen LogP contribution in [-0.4, -0.2) is 116 Å². The number of anilines is 1. The number of carbonyl (C=O) groups excluding carboxylic acids is 1. The van der Waals surface area contributed by atoms with Crippen molar-refractivity contribution in [2.24, 2.45) is 5.92 Å². The molecule has 0 aliphatic carbocycles. The number of carboxylic acid groups (broad SMARTS) is 1. The maximum Gasteiger partial charge on any atom is 0.411 e. The van der Waals surface area contributed by atoms with Gasteiger partial charge in [-0.25, -0.2) is 18.0 Å². The third-order valence-electron chi connectivity index (χ3n) is 8.60. The molecule has 0 bridgehead atoms. The summed E-state index contributed by atoms with van der Waals surface area (Å²) in [6.07, 6.45) is -2.64. The second kappa shape index (κ2) is 21.5. The fourth-order valence-corrected chi connectivity index (χ4v) is 8.81. The Morgan fingerprint density at radius 3 is 1.96 bits per heavy atom. The van der Waals surface area contributed by atoms with E-state index in [0.29, 0.717) is 13.2 Å². The molecular formula is C39H67N3O10SSi2. The van der Waals surface area contributed by atoms with Crippen molar-refractivity contribution in [3.8, 4) is 5.75 Å². The maximum absolute atomic E-state index is 14.7. The van der Waals surface area contributed by atoms with E-state index in [1.165, 1.54) is 34.5 Å². The van der Waals surface area contributed by atoms with Crippen LogP contribution in [-0.2, 0) is 35.4 Å². The Balaban J connectivity index is 2.63. The molecule has 0 aliphatic heterocycles. The van der Waals surface area contributed by atoms with Crippen molar-refractivity contribution >= 4 is 44.0 Å². The van der Waals surface area contributed by atoms with Gasteiger partial charge < -0.3 is 28.8 Å². The lowest BCUT2D eigenvalue weighted by molar-refractivity contribution is -0.118. The standard InChI is InChI=1S/C39H67N3O10SSi2/c1-30(2)26-41(53(46,47)32-18-19-35(33(25-32)40-37(43)48-6)51-28-49-20-22-54(7,8)9)27-36(52-29-50-21-23-55(10,11)12)34(24-31-16-14-13-15-17-31)42(38(44)45)39(3,4)5/h13-19,25,30,34,36H,20-24,26-29H2,1-12H3,(H,40,43)(H,44,45)/t34-,36+/m0/s1. The molecule has 16 heteroatoms. The predicted octanol–water partition coefficient (Wildman–Crippen LogP) is 8.29. The van der Waals surface area contributed by atoms with Crippen molar-refractivity contribution in [3.63, 3.8) is 0 Å². The smallest absolute Gasteiger partial charge is 0.411 e. The number of sulfonamides is 1. The predicted molar refractivity (Wildman–Crippen MR) is 223 cm³/mol. The molecule has 2 amide bonds. The molecule has 0 radical (unpaired) electrons. The van der Waals surface area contributed by atoms with E-state index >= 15 is 0 Å². The summed E-state index contributed by atoms with van der Waals surface area (Å²) in [4.78, 5) is 26.7. The second-order valence-corrected chi connectivity index (χ2v) is 30.8. The largest absolute Gasteiger partial charge is 0.465 e. The average molecular weight is 826 g/mol. The molecule has 0 fully saturated rings. The molecule has 0 aliphatic rings. The van der Waals surface area contributed by atoms with Gasteiger partial charge in [-0.1, -0.05) is 83.5 Å². The Kier molecular flexibility index (Phi) is 18.8. The van der Waals surface area contributed by atoms with Crippen LogP contribution in [0.15, 0.2) is 53.4 Å². The van der Waals surface area contributed by atoms with Crippen molar-refractivity contribution in [1.82, 2.24) is 9.21 Å². The van der Waals surface area contributed by atoms with Crippen molar-refractivity contribution < 1.29 is 46.8 Å². The lowest BCUT2D eigenvalue weighted by Crippen LogP contribution is -2.59. The fraction of sp³-hybridized carbons (Fsp3) is 0.641. The van der Waals surface area contributed by atoms with E-state index in [9.17, 15) is 23.1 Å². The van der Waals surface area contributed by atoms with E-state index in [2.05, 4.69) is 44.6 Å². The number of hydrogen-bond acceptors (Lipinski definition) is 9. The first-order valence-electron chi connectivity index (χ1n) is 18.9. The summed E-state index contributed by atoms with van der Waals surface area (Å²) in [6, 6.07) is 14.7. The molecule has 2 aromatic carbocycles. The van der Waals surface area contributed by atoms with Gasteiger partial charge in [-0.3, -0.25) is 10.2 Å². The normalized spacial score (nSPS) is 13.8. The first-order valence-corrected chi connectivity index (χ1v) is 27.8. The van der Waals surface area contributed by atoms with Crippen molar-refractivity contribution in [3.05, 3.63) is 54.1 Å². The molecule has 55 heavy (non-hydrogen) atoms. The lowest BCUT2D eigenvalue weighted by Gasteiger charge is -2.44. The first-order chi connectivity index (χ1) is 25.4. The van der Waals surface area contributed by atoms with Crippen molar-refractivity contribution in [2.75, 3.05) is 52.3 Å².